The van der Waals surface area contributed by atoms with Crippen LogP contribution in [0.4, 0.5) is 0 Å². The number of nitrogens with zero attached hydrogens (tertiary/aromatic N) is 1. The summed E-state index contributed by atoms with van der Waals surface area (Å²) in [5, 5.41) is 17.4. The van der Waals surface area contributed by atoms with Gasteiger partial charge in [-0.3, -0.25) is 5.41 Å². The molecule has 0 atom stereocenters. The Bertz CT molecular complexity index is 3120. The predicted molar refractivity (Wildman–Crippen MR) is 240 cm³/mol. The van der Waals surface area contributed by atoms with Gasteiger partial charge in [0.1, 0.15) is 11.3 Å². The lowest BCUT2D eigenvalue weighted by Crippen LogP contribution is -2.03. The fourth-order valence-electron chi connectivity index (χ4n) is 7.83. The number of hydrogen-bond acceptors (Lipinski definition) is 2. The number of nitrogens with one attached hydrogen (secondary N) is 1. The zero-order valence-corrected chi connectivity index (χ0v) is 31.1. The molecule has 1 N–H and O–H groups in total. The van der Waals surface area contributed by atoms with E-state index in [1.54, 1.807) is 0 Å². The highest BCUT2D eigenvalue weighted by Crippen LogP contribution is 2.40. The molecule has 1 heterocycles. The molecule has 9 aromatic carbocycles. The molecule has 0 saturated carbocycles. The van der Waals surface area contributed by atoms with Crippen LogP contribution in [0.1, 0.15) is 16.7 Å². The van der Waals surface area contributed by atoms with E-state index in [9.17, 15) is 0 Å². The second-order valence-electron chi connectivity index (χ2n) is 14.3. The Hall–Kier alpha value is -7.62. The number of benzene rings is 9. The quantitative estimate of drug-likeness (QED) is 0.0755. The smallest absolute Gasteiger partial charge is 0.152 e. The summed E-state index contributed by atoms with van der Waals surface area (Å²) in [5.41, 5.74) is 10.0. The fraction of sp³-hybridized carbons (Fsp3) is 0. The van der Waals surface area contributed by atoms with Gasteiger partial charge in [0.25, 0.3) is 0 Å². The van der Waals surface area contributed by atoms with Gasteiger partial charge in [-0.15, -0.1) is 0 Å². The van der Waals surface area contributed by atoms with Gasteiger partial charge >= 0.3 is 0 Å². The van der Waals surface area contributed by atoms with Gasteiger partial charge in [0.2, 0.25) is 0 Å². The summed E-state index contributed by atoms with van der Waals surface area (Å²) >= 11 is 0. The zero-order valence-electron chi connectivity index (χ0n) is 31.1. The van der Waals surface area contributed by atoms with Crippen molar-refractivity contribution >= 4 is 60.9 Å². The van der Waals surface area contributed by atoms with Crippen LogP contribution in [0.3, 0.4) is 0 Å². The summed E-state index contributed by atoms with van der Waals surface area (Å²) in [6.07, 6.45) is 4.06. The van der Waals surface area contributed by atoms with E-state index in [2.05, 4.69) is 133 Å². The van der Waals surface area contributed by atoms with Crippen molar-refractivity contribution in [2.75, 3.05) is 0 Å². The number of aliphatic imine (C=N–C) groups is 1. The first kappa shape index (κ1) is 33.9. The van der Waals surface area contributed by atoms with Crippen LogP contribution in [0, 0.1) is 5.41 Å². The van der Waals surface area contributed by atoms with Gasteiger partial charge in [0.05, 0.1) is 5.71 Å². The number of para-hydroxylation sites is 1. The third-order valence-electron chi connectivity index (χ3n) is 10.8. The van der Waals surface area contributed by atoms with Crippen molar-refractivity contribution in [1.29, 1.82) is 5.41 Å². The Balaban J connectivity index is 0.939. The SMILES string of the molecule is N=C(N=C(/C=C/c1ccc(-c2ccc(-c3c4ccccc4cc4c3ccc3ccccc34)cc2)cc1)c1ccc(-c2cc3ccccc3o2)cc1)c1ccccc1. The molecular weight excluding hydrogens is 693 g/mol. The molecule has 0 aliphatic rings. The molecule has 0 unspecified atom stereocenters. The lowest BCUT2D eigenvalue weighted by Gasteiger charge is -2.14. The second kappa shape index (κ2) is 14.6. The third kappa shape index (κ3) is 6.62. The van der Waals surface area contributed by atoms with Gasteiger partial charge in [-0.25, -0.2) is 4.99 Å². The van der Waals surface area contributed by atoms with Crippen LogP contribution in [-0.2, 0) is 0 Å². The number of amidine groups is 1. The van der Waals surface area contributed by atoms with Crippen molar-refractivity contribution in [1.82, 2.24) is 0 Å². The first-order valence-corrected chi connectivity index (χ1v) is 19.2. The number of fused-ring (bicyclic) bond motifs is 5. The highest BCUT2D eigenvalue weighted by Gasteiger charge is 2.13. The molecule has 10 rings (SSSR count). The van der Waals surface area contributed by atoms with E-state index in [4.69, 9.17) is 14.8 Å². The van der Waals surface area contributed by atoms with E-state index in [1.807, 2.05) is 78.9 Å². The van der Waals surface area contributed by atoms with E-state index < -0.39 is 0 Å². The van der Waals surface area contributed by atoms with Crippen molar-refractivity contribution in [3.05, 3.63) is 223 Å². The van der Waals surface area contributed by atoms with Gasteiger partial charge < -0.3 is 4.42 Å². The highest BCUT2D eigenvalue weighted by atomic mass is 16.3. The molecule has 3 heteroatoms. The van der Waals surface area contributed by atoms with Crippen molar-refractivity contribution in [3.8, 4) is 33.6 Å². The number of furan rings is 1. The van der Waals surface area contributed by atoms with E-state index in [1.165, 1.54) is 43.4 Å². The largest absolute Gasteiger partial charge is 0.456 e. The van der Waals surface area contributed by atoms with Gasteiger partial charge in [0, 0.05) is 22.1 Å². The number of rotatable bonds is 7. The van der Waals surface area contributed by atoms with Crippen LogP contribution in [0.15, 0.2) is 216 Å². The van der Waals surface area contributed by atoms with Gasteiger partial charge in [0.15, 0.2) is 5.84 Å². The van der Waals surface area contributed by atoms with Crippen LogP contribution < -0.4 is 0 Å². The van der Waals surface area contributed by atoms with Crippen LogP contribution in [0.5, 0.6) is 0 Å². The molecule has 3 nitrogen and oxygen atoms in total. The van der Waals surface area contributed by atoms with Crippen LogP contribution >= 0.6 is 0 Å². The molecule has 0 spiro atoms. The molecule has 57 heavy (non-hydrogen) atoms. The minimum absolute atomic E-state index is 0.209. The second-order valence-corrected chi connectivity index (χ2v) is 14.3. The molecule has 0 bridgehead atoms. The molecule has 0 fully saturated rings. The average molecular weight is 729 g/mol. The topological polar surface area (TPSA) is 49.4 Å². The van der Waals surface area contributed by atoms with Crippen molar-refractivity contribution in [2.45, 2.75) is 0 Å². The predicted octanol–water partition coefficient (Wildman–Crippen LogP) is 14.4. The highest BCUT2D eigenvalue weighted by molar-refractivity contribution is 6.20. The Kier molecular flexibility index (Phi) is 8.66. The summed E-state index contributed by atoms with van der Waals surface area (Å²) in [6, 6.07) is 69.7. The monoisotopic (exact) mass is 728 g/mol. The Labute approximate surface area is 331 Å². The van der Waals surface area contributed by atoms with Gasteiger partial charge in [-0.05, 0) is 84.4 Å². The Morgan fingerprint density at radius 3 is 1.81 bits per heavy atom. The number of hydrogen-bond donors (Lipinski definition) is 1. The maximum absolute atomic E-state index is 8.80. The average Bonchev–Trinajstić information content (AvgIpc) is 3.72. The standard InChI is InChI=1S/C54H36N2O/c55-54(43-11-2-1-3-12-43)56-50(40-25-27-41(28-26-40)52-35-45-14-6-9-17-51(45)57-52)33-20-36-18-21-37(22-19-36)38-23-29-42(30-24-38)53-47-16-8-5-13-44(47)34-49-46-15-7-4-10-39(46)31-32-48(49)53/h1-35,55H/b33-20+,55-54?,56-50?. The van der Waals surface area contributed by atoms with Gasteiger partial charge in [-0.2, -0.15) is 0 Å². The molecular formula is C54H36N2O. The number of allylic oxidation sites excluding steroid dienone is 1. The maximum Gasteiger partial charge on any atom is 0.152 e. The normalized spacial score (nSPS) is 12.0. The van der Waals surface area contributed by atoms with Crippen LogP contribution in [-0.4, -0.2) is 11.5 Å². The van der Waals surface area contributed by atoms with E-state index in [-0.39, 0.29) is 5.84 Å². The van der Waals surface area contributed by atoms with E-state index in [0.29, 0.717) is 5.71 Å². The molecule has 10 aromatic rings. The lowest BCUT2D eigenvalue weighted by molar-refractivity contribution is 0.631. The third-order valence-corrected chi connectivity index (χ3v) is 10.8. The molecule has 0 amide bonds. The molecule has 0 radical (unpaired) electrons. The summed E-state index contributed by atoms with van der Waals surface area (Å²) in [7, 11) is 0. The molecule has 0 aliphatic heterocycles. The maximum atomic E-state index is 8.80. The fourth-order valence-corrected chi connectivity index (χ4v) is 7.83. The Morgan fingerprint density at radius 1 is 0.439 bits per heavy atom. The summed E-state index contributed by atoms with van der Waals surface area (Å²) in [6.45, 7) is 0. The first-order valence-electron chi connectivity index (χ1n) is 19.2. The summed E-state index contributed by atoms with van der Waals surface area (Å²) in [4.78, 5) is 4.81. The minimum atomic E-state index is 0.209. The van der Waals surface area contributed by atoms with Crippen LogP contribution in [0.2, 0.25) is 0 Å². The van der Waals surface area contributed by atoms with Crippen molar-refractivity contribution in [2.24, 2.45) is 4.99 Å². The van der Waals surface area contributed by atoms with Crippen molar-refractivity contribution in [3.63, 3.8) is 0 Å². The molecule has 1 aromatic heterocycles. The van der Waals surface area contributed by atoms with Gasteiger partial charge in [-0.1, -0.05) is 188 Å². The Morgan fingerprint density at radius 2 is 1.05 bits per heavy atom. The first-order chi connectivity index (χ1) is 28.1. The molecule has 268 valence electrons. The lowest BCUT2D eigenvalue weighted by atomic mass is 9.89. The summed E-state index contributed by atoms with van der Waals surface area (Å²) in [5.74, 6) is 1.03. The van der Waals surface area contributed by atoms with Crippen molar-refractivity contribution < 1.29 is 4.42 Å². The molecule has 0 aliphatic carbocycles. The van der Waals surface area contributed by atoms with Crippen LogP contribution in [0.25, 0.3) is 82.9 Å². The van der Waals surface area contributed by atoms with E-state index in [0.717, 1.165) is 50.1 Å². The summed E-state index contributed by atoms with van der Waals surface area (Å²) < 4.78 is 6.12. The minimum Gasteiger partial charge on any atom is -0.456 e. The van der Waals surface area contributed by atoms with E-state index >= 15 is 0 Å². The zero-order chi connectivity index (χ0) is 38.1. The molecule has 0 saturated heterocycles.